The number of nitrogens with one attached hydrogen (secondary N) is 2. The fraction of sp³-hybridized carbons (Fsp3) is 0.364. The lowest BCUT2D eigenvalue weighted by Crippen LogP contribution is -2.27. The van der Waals surface area contributed by atoms with Gasteiger partial charge in [-0.1, -0.05) is 26.0 Å². The Kier molecular flexibility index (Phi) is 6.64. The number of H-pyrrole nitrogens is 1. The van der Waals surface area contributed by atoms with Crippen molar-refractivity contribution in [2.75, 3.05) is 6.54 Å². The zero-order valence-corrected chi connectivity index (χ0v) is 19.3. The summed E-state index contributed by atoms with van der Waals surface area (Å²) in [6.45, 7) is 7.77. The summed E-state index contributed by atoms with van der Waals surface area (Å²) in [6, 6.07) is 9.92. The number of aromatic nitrogens is 1. The topological polar surface area (TPSA) is 71.2 Å². The van der Waals surface area contributed by atoms with Gasteiger partial charge in [-0.3, -0.25) is 0 Å². The Labute approximate surface area is 185 Å². The van der Waals surface area contributed by atoms with Crippen LogP contribution in [0.5, 0.6) is 5.75 Å². The molecule has 1 aromatic heterocycles. The largest absolute Gasteiger partial charge is 0.487 e. The van der Waals surface area contributed by atoms with Crippen molar-refractivity contribution in [2.24, 2.45) is 0 Å². The maximum atomic E-state index is 13.0. The zero-order valence-electron chi connectivity index (χ0n) is 17.7. The molecule has 2 N–H and O–H groups in total. The molecule has 0 aliphatic rings. The third-order valence-electron chi connectivity index (χ3n) is 5.16. The standard InChI is InChI=1S/C22H25ClF2N2O3S/c1-13(2)16-6-5-14(3)21(11-16)31(28,29)26-10-9-18-15(4)27-20-8-7-17(12-19(18)20)30-22(23,24)25/h5-8,11-13,26-27H,9-10H2,1-4H3. The van der Waals surface area contributed by atoms with E-state index in [1.165, 1.54) is 12.1 Å². The SMILES string of the molecule is Cc1ccc(C(C)C)cc1S(=O)(=O)NCCc1c(C)[nH]c2ccc(OC(F)(F)Cl)cc12. The normalized spacial score (nSPS) is 12.6. The van der Waals surface area contributed by atoms with Gasteiger partial charge in [-0.2, -0.15) is 0 Å². The van der Waals surface area contributed by atoms with Gasteiger partial charge >= 0.3 is 5.57 Å². The summed E-state index contributed by atoms with van der Waals surface area (Å²) in [5.74, 6) is 0.134. The molecule has 3 aromatic rings. The van der Waals surface area contributed by atoms with Crippen LogP contribution < -0.4 is 9.46 Å². The molecule has 2 aromatic carbocycles. The monoisotopic (exact) mass is 470 g/mol. The first-order chi connectivity index (χ1) is 14.4. The van der Waals surface area contributed by atoms with Gasteiger partial charge in [0, 0.05) is 34.7 Å². The van der Waals surface area contributed by atoms with E-state index in [0.29, 0.717) is 17.4 Å². The zero-order chi connectivity index (χ0) is 23.0. The van der Waals surface area contributed by atoms with Crippen molar-refractivity contribution in [3.8, 4) is 5.75 Å². The van der Waals surface area contributed by atoms with Gasteiger partial charge in [-0.25, -0.2) is 13.1 Å². The van der Waals surface area contributed by atoms with E-state index in [9.17, 15) is 17.2 Å². The molecule has 3 rings (SSSR count). The number of rotatable bonds is 8. The van der Waals surface area contributed by atoms with Crippen molar-refractivity contribution in [1.82, 2.24) is 9.71 Å². The highest BCUT2D eigenvalue weighted by Crippen LogP contribution is 2.31. The van der Waals surface area contributed by atoms with Gasteiger partial charge in [-0.05, 0) is 67.1 Å². The van der Waals surface area contributed by atoms with Crippen molar-refractivity contribution >= 4 is 32.5 Å². The van der Waals surface area contributed by atoms with Crippen LogP contribution in [0.2, 0.25) is 0 Å². The molecule has 0 saturated carbocycles. The Bertz CT molecular complexity index is 1200. The van der Waals surface area contributed by atoms with Gasteiger partial charge < -0.3 is 9.72 Å². The second-order valence-corrected chi connectivity index (χ2v) is 9.99. The minimum Gasteiger partial charge on any atom is -0.420 e. The lowest BCUT2D eigenvalue weighted by molar-refractivity contribution is -0.0964. The van der Waals surface area contributed by atoms with E-state index in [2.05, 4.69) is 14.4 Å². The Hall–Kier alpha value is -2.16. The van der Waals surface area contributed by atoms with E-state index in [-0.39, 0.29) is 23.1 Å². The number of fused-ring (bicyclic) bond motifs is 1. The van der Waals surface area contributed by atoms with Crippen LogP contribution >= 0.6 is 11.6 Å². The molecule has 31 heavy (non-hydrogen) atoms. The van der Waals surface area contributed by atoms with Gasteiger partial charge in [0.25, 0.3) is 0 Å². The summed E-state index contributed by atoms with van der Waals surface area (Å²) >= 11 is 4.86. The molecule has 0 radical (unpaired) electrons. The first kappa shape index (κ1) is 23.5. The number of hydrogen-bond donors (Lipinski definition) is 2. The van der Waals surface area contributed by atoms with E-state index in [1.54, 1.807) is 19.1 Å². The third-order valence-corrected chi connectivity index (χ3v) is 6.84. The average Bonchev–Trinajstić information content (AvgIpc) is 2.95. The van der Waals surface area contributed by atoms with Crippen LogP contribution in [0.1, 0.15) is 42.1 Å². The quantitative estimate of drug-likeness (QED) is 0.421. The van der Waals surface area contributed by atoms with Crippen LogP contribution in [0.4, 0.5) is 8.78 Å². The maximum Gasteiger partial charge on any atom is 0.487 e. The number of alkyl halides is 3. The summed E-state index contributed by atoms with van der Waals surface area (Å²) in [7, 11) is -3.70. The first-order valence-electron chi connectivity index (χ1n) is 9.84. The minimum atomic E-state index is -3.81. The molecule has 0 atom stereocenters. The van der Waals surface area contributed by atoms with Crippen LogP contribution in [-0.2, 0) is 16.4 Å². The summed E-state index contributed by atoms with van der Waals surface area (Å²) in [5.41, 5.74) is 0.180. The number of halogens is 3. The highest BCUT2D eigenvalue weighted by atomic mass is 35.5. The lowest BCUT2D eigenvalue weighted by Gasteiger charge is -2.13. The van der Waals surface area contributed by atoms with Gasteiger partial charge in [0.15, 0.2) is 0 Å². The summed E-state index contributed by atoms with van der Waals surface area (Å²) < 4.78 is 58.8. The molecule has 0 spiro atoms. The number of benzene rings is 2. The van der Waals surface area contributed by atoms with Crippen LogP contribution in [0.15, 0.2) is 41.3 Å². The van der Waals surface area contributed by atoms with Crippen LogP contribution in [0.25, 0.3) is 10.9 Å². The van der Waals surface area contributed by atoms with Crippen molar-refractivity contribution in [3.63, 3.8) is 0 Å². The van der Waals surface area contributed by atoms with E-state index < -0.39 is 15.6 Å². The Morgan fingerprint density at radius 2 is 1.87 bits per heavy atom. The van der Waals surface area contributed by atoms with Gasteiger partial charge in [-0.15, -0.1) is 8.78 Å². The second-order valence-electron chi connectivity index (χ2n) is 7.81. The predicted octanol–water partition coefficient (Wildman–Crippen LogP) is 5.60. The number of aromatic amines is 1. The number of hydrogen-bond acceptors (Lipinski definition) is 3. The molecular weight excluding hydrogens is 446 g/mol. The van der Waals surface area contributed by atoms with E-state index in [0.717, 1.165) is 22.3 Å². The molecule has 0 fully saturated rings. The Morgan fingerprint density at radius 3 is 2.52 bits per heavy atom. The molecular formula is C22H25ClF2N2O3S. The fourth-order valence-electron chi connectivity index (χ4n) is 3.53. The van der Waals surface area contributed by atoms with Gasteiger partial charge in [0.1, 0.15) is 5.75 Å². The molecule has 9 heteroatoms. The van der Waals surface area contributed by atoms with Crippen LogP contribution in [0.3, 0.4) is 0 Å². The summed E-state index contributed by atoms with van der Waals surface area (Å²) in [4.78, 5) is 3.43. The highest BCUT2D eigenvalue weighted by molar-refractivity contribution is 7.89. The van der Waals surface area contributed by atoms with E-state index in [1.807, 2.05) is 32.9 Å². The highest BCUT2D eigenvalue weighted by Gasteiger charge is 2.28. The molecule has 0 bridgehead atoms. The smallest absolute Gasteiger partial charge is 0.420 e. The first-order valence-corrected chi connectivity index (χ1v) is 11.7. The lowest BCUT2D eigenvalue weighted by atomic mass is 10.0. The molecule has 0 unspecified atom stereocenters. The predicted molar refractivity (Wildman–Crippen MR) is 119 cm³/mol. The third kappa shape index (κ3) is 5.56. The minimum absolute atomic E-state index is 0.0746. The van der Waals surface area contributed by atoms with E-state index in [4.69, 9.17) is 11.6 Å². The van der Waals surface area contributed by atoms with Crippen molar-refractivity contribution in [2.45, 2.75) is 50.5 Å². The molecule has 168 valence electrons. The molecule has 5 nitrogen and oxygen atoms in total. The Balaban J connectivity index is 1.80. The number of aryl methyl sites for hydroxylation is 2. The average molecular weight is 471 g/mol. The van der Waals surface area contributed by atoms with Crippen molar-refractivity contribution < 1.29 is 21.9 Å². The van der Waals surface area contributed by atoms with Crippen molar-refractivity contribution in [3.05, 3.63) is 58.8 Å². The van der Waals surface area contributed by atoms with Crippen molar-refractivity contribution in [1.29, 1.82) is 0 Å². The second kappa shape index (κ2) is 8.76. The van der Waals surface area contributed by atoms with Gasteiger partial charge in [0.2, 0.25) is 10.0 Å². The summed E-state index contributed by atoms with van der Waals surface area (Å²) in [6.07, 6.45) is 0.370. The van der Waals surface area contributed by atoms with Gasteiger partial charge in [0.05, 0.1) is 4.90 Å². The molecule has 1 heterocycles. The number of ether oxygens (including phenoxy) is 1. The van der Waals surface area contributed by atoms with Crippen LogP contribution in [-0.4, -0.2) is 25.5 Å². The van der Waals surface area contributed by atoms with E-state index >= 15 is 0 Å². The molecule has 0 amide bonds. The molecule has 0 aliphatic carbocycles. The van der Waals surface area contributed by atoms with Crippen LogP contribution in [0, 0.1) is 13.8 Å². The maximum absolute atomic E-state index is 13.0. The molecule has 0 aliphatic heterocycles. The fourth-order valence-corrected chi connectivity index (χ4v) is 4.93. The molecule has 0 saturated heterocycles. The Morgan fingerprint density at radius 1 is 1.16 bits per heavy atom. The number of sulfonamides is 1. The summed E-state index contributed by atoms with van der Waals surface area (Å²) in [5, 5.41) is 0.674.